The van der Waals surface area contributed by atoms with Gasteiger partial charge in [0.1, 0.15) is 0 Å². The fourth-order valence-electron chi connectivity index (χ4n) is 3.31. The molecule has 3 rings (SSSR count). The average molecular weight is 365 g/mol. The van der Waals surface area contributed by atoms with Crippen LogP contribution in [0.1, 0.15) is 23.1 Å². The van der Waals surface area contributed by atoms with E-state index in [1.165, 1.54) is 20.5 Å². The van der Waals surface area contributed by atoms with Crippen molar-refractivity contribution in [2.45, 2.75) is 31.3 Å². The summed E-state index contributed by atoms with van der Waals surface area (Å²) >= 11 is 5.29. The zero-order valence-corrected chi connectivity index (χ0v) is 14.7. The second kappa shape index (κ2) is 6.21. The Balaban J connectivity index is 1.81. The Morgan fingerprint density at radius 3 is 2.76 bits per heavy atom. The lowest BCUT2D eigenvalue weighted by molar-refractivity contribution is 0.101. The molecule has 1 heterocycles. The third-order valence-corrected chi connectivity index (χ3v) is 6.28. The molecule has 1 aromatic carbocycles. The standard InChI is InChI=1S/C17H21BrN2S/c1-20(10-13-8-16(18)21-11-13)17(12-19)7-6-14-4-2-3-5-15(14)9-17/h2-5,8,11H,6-7,9-10,12,19H2,1H3. The number of rotatable bonds is 4. The fraction of sp³-hybridized carbons (Fsp3) is 0.412. The van der Waals surface area contributed by atoms with E-state index >= 15 is 0 Å². The van der Waals surface area contributed by atoms with E-state index < -0.39 is 0 Å². The van der Waals surface area contributed by atoms with E-state index in [-0.39, 0.29) is 5.54 Å². The summed E-state index contributed by atoms with van der Waals surface area (Å²) in [6, 6.07) is 11.0. The van der Waals surface area contributed by atoms with Crippen LogP contribution in [-0.4, -0.2) is 24.0 Å². The summed E-state index contributed by atoms with van der Waals surface area (Å²) in [5.41, 5.74) is 10.6. The van der Waals surface area contributed by atoms with Crippen LogP contribution in [0.5, 0.6) is 0 Å². The molecule has 2 nitrogen and oxygen atoms in total. The van der Waals surface area contributed by atoms with Crippen molar-refractivity contribution in [1.29, 1.82) is 0 Å². The van der Waals surface area contributed by atoms with Crippen LogP contribution in [0, 0.1) is 0 Å². The topological polar surface area (TPSA) is 29.3 Å². The highest BCUT2D eigenvalue weighted by Gasteiger charge is 2.36. The maximum absolute atomic E-state index is 6.21. The van der Waals surface area contributed by atoms with Crippen molar-refractivity contribution < 1.29 is 0 Å². The monoisotopic (exact) mass is 364 g/mol. The van der Waals surface area contributed by atoms with Crippen molar-refractivity contribution in [2.75, 3.05) is 13.6 Å². The number of aryl methyl sites for hydroxylation is 1. The molecule has 112 valence electrons. The largest absolute Gasteiger partial charge is 0.329 e. The Morgan fingerprint density at radius 1 is 1.33 bits per heavy atom. The number of benzene rings is 1. The minimum absolute atomic E-state index is 0.0861. The highest BCUT2D eigenvalue weighted by molar-refractivity contribution is 9.11. The molecule has 1 aromatic heterocycles. The molecule has 21 heavy (non-hydrogen) atoms. The minimum Gasteiger partial charge on any atom is -0.329 e. The van der Waals surface area contributed by atoms with Crippen molar-refractivity contribution in [2.24, 2.45) is 5.73 Å². The zero-order chi connectivity index (χ0) is 14.9. The molecular weight excluding hydrogens is 344 g/mol. The highest BCUT2D eigenvalue weighted by Crippen LogP contribution is 2.33. The lowest BCUT2D eigenvalue weighted by atomic mass is 9.77. The Hall–Kier alpha value is -0.680. The van der Waals surface area contributed by atoms with Crippen molar-refractivity contribution in [3.05, 3.63) is 56.2 Å². The van der Waals surface area contributed by atoms with Crippen LogP contribution >= 0.6 is 27.3 Å². The molecule has 0 radical (unpaired) electrons. The van der Waals surface area contributed by atoms with Gasteiger partial charge >= 0.3 is 0 Å². The SMILES string of the molecule is CN(Cc1csc(Br)c1)C1(CN)CCc2ccccc2C1. The van der Waals surface area contributed by atoms with Gasteiger partial charge in [0.25, 0.3) is 0 Å². The van der Waals surface area contributed by atoms with Gasteiger partial charge in [-0.2, -0.15) is 0 Å². The van der Waals surface area contributed by atoms with Crippen LogP contribution in [0.25, 0.3) is 0 Å². The van der Waals surface area contributed by atoms with Crippen molar-refractivity contribution in [3.8, 4) is 0 Å². The number of hydrogen-bond acceptors (Lipinski definition) is 3. The number of hydrogen-bond donors (Lipinski definition) is 1. The lowest BCUT2D eigenvalue weighted by Gasteiger charge is -2.44. The molecule has 1 aliphatic carbocycles. The fourth-order valence-corrected chi connectivity index (χ4v) is 4.51. The van der Waals surface area contributed by atoms with Crippen LogP contribution in [0.2, 0.25) is 0 Å². The molecule has 4 heteroatoms. The van der Waals surface area contributed by atoms with Crippen LogP contribution in [0.4, 0.5) is 0 Å². The summed E-state index contributed by atoms with van der Waals surface area (Å²) in [4.78, 5) is 2.46. The summed E-state index contributed by atoms with van der Waals surface area (Å²) in [6.45, 7) is 1.67. The van der Waals surface area contributed by atoms with E-state index in [0.29, 0.717) is 6.54 Å². The number of fused-ring (bicyclic) bond motifs is 1. The molecular formula is C17H21BrN2S. The summed E-state index contributed by atoms with van der Waals surface area (Å²) in [6.07, 6.45) is 3.33. The van der Waals surface area contributed by atoms with Gasteiger partial charge in [-0.3, -0.25) is 4.90 Å². The van der Waals surface area contributed by atoms with Crippen LogP contribution < -0.4 is 5.73 Å². The number of thiophene rings is 1. The summed E-state index contributed by atoms with van der Waals surface area (Å²) in [5, 5.41) is 2.22. The molecule has 1 atom stereocenters. The Labute approximate surface area is 139 Å². The molecule has 2 aromatic rings. The van der Waals surface area contributed by atoms with Gasteiger partial charge in [-0.15, -0.1) is 11.3 Å². The molecule has 2 N–H and O–H groups in total. The second-order valence-corrected chi connectivity index (χ2v) is 8.28. The smallest absolute Gasteiger partial charge is 0.0701 e. The van der Waals surface area contributed by atoms with Crippen LogP contribution in [-0.2, 0) is 19.4 Å². The number of halogens is 1. The van der Waals surface area contributed by atoms with E-state index in [0.717, 1.165) is 25.8 Å². The minimum atomic E-state index is 0.0861. The average Bonchev–Trinajstić information content (AvgIpc) is 2.91. The van der Waals surface area contributed by atoms with Crippen molar-refractivity contribution >= 4 is 27.3 Å². The van der Waals surface area contributed by atoms with Crippen molar-refractivity contribution in [3.63, 3.8) is 0 Å². The quantitative estimate of drug-likeness (QED) is 0.892. The van der Waals surface area contributed by atoms with E-state index in [9.17, 15) is 0 Å². The Morgan fingerprint density at radius 2 is 2.10 bits per heavy atom. The number of nitrogens with two attached hydrogens (primary N) is 1. The first kappa shape index (κ1) is 15.2. The van der Waals surface area contributed by atoms with Gasteiger partial charge in [-0.25, -0.2) is 0 Å². The van der Waals surface area contributed by atoms with E-state index in [1.54, 1.807) is 11.3 Å². The van der Waals surface area contributed by atoms with Gasteiger partial charge in [0.15, 0.2) is 0 Å². The molecule has 0 bridgehead atoms. The maximum Gasteiger partial charge on any atom is 0.0701 e. The second-order valence-electron chi connectivity index (χ2n) is 5.99. The summed E-state index contributed by atoms with van der Waals surface area (Å²) in [7, 11) is 2.21. The van der Waals surface area contributed by atoms with Gasteiger partial charge in [-0.1, -0.05) is 24.3 Å². The lowest BCUT2D eigenvalue weighted by Crippen LogP contribution is -2.55. The molecule has 0 spiro atoms. The highest BCUT2D eigenvalue weighted by atomic mass is 79.9. The first-order valence-electron chi connectivity index (χ1n) is 7.34. The Bertz CT molecular complexity index is 625. The van der Waals surface area contributed by atoms with Crippen molar-refractivity contribution in [1.82, 2.24) is 4.90 Å². The third-order valence-electron chi connectivity index (χ3n) is 4.73. The molecule has 0 fully saturated rings. The van der Waals surface area contributed by atoms with Gasteiger partial charge in [-0.05, 0) is 70.4 Å². The summed E-state index contributed by atoms with van der Waals surface area (Å²) < 4.78 is 1.20. The number of nitrogens with zero attached hydrogens (tertiary/aromatic N) is 1. The van der Waals surface area contributed by atoms with Gasteiger partial charge < -0.3 is 5.73 Å². The van der Waals surface area contributed by atoms with E-state index in [1.807, 2.05) is 0 Å². The van der Waals surface area contributed by atoms with Crippen LogP contribution in [0.15, 0.2) is 39.5 Å². The molecule has 1 aliphatic rings. The molecule has 0 aliphatic heterocycles. The van der Waals surface area contributed by atoms with E-state index in [2.05, 4.69) is 63.6 Å². The molecule has 0 saturated heterocycles. The number of likely N-dealkylation sites (N-methyl/N-ethyl adjacent to an activating group) is 1. The maximum atomic E-state index is 6.21. The first-order chi connectivity index (χ1) is 10.1. The summed E-state index contributed by atoms with van der Waals surface area (Å²) in [5.74, 6) is 0. The molecule has 0 saturated carbocycles. The first-order valence-corrected chi connectivity index (χ1v) is 9.01. The van der Waals surface area contributed by atoms with Gasteiger partial charge in [0, 0.05) is 18.6 Å². The predicted octanol–water partition coefficient (Wildman–Crippen LogP) is 3.83. The van der Waals surface area contributed by atoms with E-state index in [4.69, 9.17) is 5.73 Å². The normalized spacial score (nSPS) is 21.5. The van der Waals surface area contributed by atoms with Gasteiger partial charge in [0.2, 0.25) is 0 Å². The van der Waals surface area contributed by atoms with Gasteiger partial charge in [0.05, 0.1) is 3.79 Å². The molecule has 0 amide bonds. The molecule has 1 unspecified atom stereocenters. The van der Waals surface area contributed by atoms with Crippen LogP contribution in [0.3, 0.4) is 0 Å². The zero-order valence-electron chi connectivity index (χ0n) is 12.3. The third kappa shape index (κ3) is 3.09. The predicted molar refractivity (Wildman–Crippen MR) is 93.7 cm³/mol. The Kier molecular flexibility index (Phi) is 4.50.